The highest BCUT2D eigenvalue weighted by Crippen LogP contribution is 2.43. The fraction of sp³-hybridized carbons (Fsp3) is 0.217. The highest BCUT2D eigenvalue weighted by Gasteiger charge is 2.24. The normalized spacial score (nSPS) is 12.2. The molecule has 3 aromatic carbocycles. The molecule has 0 aromatic heterocycles. The molecule has 1 unspecified atom stereocenters. The molecule has 3 nitrogen and oxygen atoms in total. The zero-order valence-electron chi connectivity index (χ0n) is 15.5. The number of phenolic OH excluding ortho intramolecular Hbond substituents is 3. The van der Waals surface area contributed by atoms with Crippen LogP contribution in [0.15, 0.2) is 48.5 Å². The van der Waals surface area contributed by atoms with Crippen LogP contribution in [0.5, 0.6) is 17.2 Å². The molecule has 3 rings (SSSR count). The monoisotopic (exact) mass is 348 g/mol. The molecule has 0 aliphatic heterocycles. The van der Waals surface area contributed by atoms with Crippen LogP contribution in [0.2, 0.25) is 0 Å². The average Bonchev–Trinajstić information content (AvgIpc) is 2.63. The summed E-state index contributed by atoms with van der Waals surface area (Å²) >= 11 is 0. The molecule has 0 fully saturated rings. The third-order valence-corrected chi connectivity index (χ3v) is 5.02. The maximum absolute atomic E-state index is 10.8. The van der Waals surface area contributed by atoms with Crippen molar-refractivity contribution in [3.05, 3.63) is 87.5 Å². The topological polar surface area (TPSA) is 60.7 Å². The van der Waals surface area contributed by atoms with Crippen LogP contribution in [0.1, 0.15) is 44.9 Å². The fourth-order valence-corrected chi connectivity index (χ4v) is 3.57. The van der Waals surface area contributed by atoms with Crippen molar-refractivity contribution in [2.24, 2.45) is 0 Å². The lowest BCUT2D eigenvalue weighted by Gasteiger charge is -2.23. The largest absolute Gasteiger partial charge is 0.507 e. The zero-order chi connectivity index (χ0) is 19.0. The number of aromatic hydroxyl groups is 3. The van der Waals surface area contributed by atoms with Gasteiger partial charge in [0.2, 0.25) is 0 Å². The van der Waals surface area contributed by atoms with Crippen molar-refractivity contribution in [1.29, 1.82) is 0 Å². The molecule has 0 bridgehead atoms. The second-order valence-electron chi connectivity index (χ2n) is 6.95. The average molecular weight is 348 g/mol. The molecule has 0 saturated heterocycles. The molecule has 0 aliphatic carbocycles. The van der Waals surface area contributed by atoms with Crippen LogP contribution in [-0.2, 0) is 0 Å². The van der Waals surface area contributed by atoms with Crippen LogP contribution in [-0.4, -0.2) is 15.3 Å². The Bertz CT molecular complexity index is 936. The van der Waals surface area contributed by atoms with E-state index in [4.69, 9.17) is 0 Å². The van der Waals surface area contributed by atoms with E-state index >= 15 is 0 Å². The molecular formula is C23H24O3. The molecule has 0 amide bonds. The van der Waals surface area contributed by atoms with Gasteiger partial charge < -0.3 is 15.3 Å². The molecule has 1 atom stereocenters. The van der Waals surface area contributed by atoms with Gasteiger partial charge in [-0.15, -0.1) is 0 Å². The lowest BCUT2D eigenvalue weighted by Crippen LogP contribution is -2.06. The lowest BCUT2D eigenvalue weighted by molar-refractivity contribution is 0.435. The third kappa shape index (κ3) is 3.01. The van der Waals surface area contributed by atoms with Gasteiger partial charge in [0.25, 0.3) is 0 Å². The Balaban J connectivity index is 2.31. The number of phenols is 3. The summed E-state index contributed by atoms with van der Waals surface area (Å²) in [7, 11) is 0. The van der Waals surface area contributed by atoms with Crippen molar-refractivity contribution in [3.8, 4) is 17.2 Å². The summed E-state index contributed by atoms with van der Waals surface area (Å²) < 4.78 is 0. The molecule has 0 radical (unpaired) electrons. The van der Waals surface area contributed by atoms with E-state index in [1.807, 2.05) is 69.3 Å². The van der Waals surface area contributed by atoms with E-state index in [0.29, 0.717) is 11.3 Å². The van der Waals surface area contributed by atoms with Crippen molar-refractivity contribution in [3.63, 3.8) is 0 Å². The maximum atomic E-state index is 10.8. The van der Waals surface area contributed by atoms with Crippen molar-refractivity contribution in [2.45, 2.75) is 33.6 Å². The van der Waals surface area contributed by atoms with Crippen molar-refractivity contribution >= 4 is 0 Å². The van der Waals surface area contributed by atoms with Crippen LogP contribution < -0.4 is 0 Å². The molecule has 134 valence electrons. The minimum Gasteiger partial charge on any atom is -0.507 e. The van der Waals surface area contributed by atoms with E-state index in [1.165, 1.54) is 0 Å². The van der Waals surface area contributed by atoms with Gasteiger partial charge in [-0.3, -0.25) is 0 Å². The second kappa shape index (κ2) is 6.75. The Hall–Kier alpha value is -2.94. The van der Waals surface area contributed by atoms with Gasteiger partial charge in [0.05, 0.1) is 0 Å². The van der Waals surface area contributed by atoms with Gasteiger partial charge in [0.15, 0.2) is 0 Å². The Labute approximate surface area is 154 Å². The summed E-state index contributed by atoms with van der Waals surface area (Å²) in [5.74, 6) is 0.316. The predicted molar refractivity (Wildman–Crippen MR) is 104 cm³/mol. The lowest BCUT2D eigenvalue weighted by atomic mass is 9.82. The Morgan fingerprint density at radius 1 is 0.615 bits per heavy atom. The minimum absolute atomic E-state index is 0.102. The molecule has 26 heavy (non-hydrogen) atoms. The van der Waals surface area contributed by atoms with Gasteiger partial charge in [-0.25, -0.2) is 0 Å². The molecule has 0 saturated carbocycles. The van der Waals surface area contributed by atoms with Gasteiger partial charge in [0, 0.05) is 17.0 Å². The number of benzene rings is 3. The molecule has 0 heterocycles. The number of hydrogen-bond acceptors (Lipinski definition) is 3. The zero-order valence-corrected chi connectivity index (χ0v) is 15.5. The first-order valence-corrected chi connectivity index (χ1v) is 8.68. The summed E-state index contributed by atoms with van der Waals surface area (Å²) in [5.41, 5.74) is 5.57. The standard InChI is InChI=1S/C23H24O3/c1-13-10-18(11-14(2)21(13)24)20(17-8-6-5-7-9-17)19-12-15(3)22(25)16(4)23(19)26/h5-12,20,24-26H,1-4H3. The second-order valence-corrected chi connectivity index (χ2v) is 6.95. The number of hydrogen-bond donors (Lipinski definition) is 3. The van der Waals surface area contributed by atoms with E-state index in [9.17, 15) is 15.3 Å². The van der Waals surface area contributed by atoms with Crippen molar-refractivity contribution < 1.29 is 15.3 Å². The van der Waals surface area contributed by atoms with E-state index in [1.54, 1.807) is 6.92 Å². The van der Waals surface area contributed by atoms with Crippen LogP contribution in [0, 0.1) is 27.7 Å². The van der Waals surface area contributed by atoms with Gasteiger partial charge in [-0.1, -0.05) is 42.5 Å². The van der Waals surface area contributed by atoms with Gasteiger partial charge in [-0.2, -0.15) is 0 Å². The molecule has 3 N–H and O–H groups in total. The van der Waals surface area contributed by atoms with Crippen LogP contribution in [0.25, 0.3) is 0 Å². The molecule has 0 aliphatic rings. The van der Waals surface area contributed by atoms with E-state index in [2.05, 4.69) is 0 Å². The van der Waals surface area contributed by atoms with Crippen LogP contribution in [0.3, 0.4) is 0 Å². The van der Waals surface area contributed by atoms with Gasteiger partial charge in [-0.05, 0) is 61.6 Å². The third-order valence-electron chi connectivity index (χ3n) is 5.02. The first-order valence-electron chi connectivity index (χ1n) is 8.68. The maximum Gasteiger partial charge on any atom is 0.126 e. The SMILES string of the molecule is Cc1cc(C(c2ccccc2)c2cc(C)c(O)c(C)c2O)cc(C)c1O. The van der Waals surface area contributed by atoms with E-state index < -0.39 is 0 Å². The minimum atomic E-state index is -0.202. The summed E-state index contributed by atoms with van der Waals surface area (Å²) in [6.45, 7) is 7.30. The molecular weight excluding hydrogens is 324 g/mol. The fourth-order valence-electron chi connectivity index (χ4n) is 3.57. The van der Waals surface area contributed by atoms with Crippen LogP contribution >= 0.6 is 0 Å². The van der Waals surface area contributed by atoms with E-state index in [0.717, 1.165) is 33.4 Å². The Morgan fingerprint density at radius 3 is 1.73 bits per heavy atom. The van der Waals surface area contributed by atoms with E-state index in [-0.39, 0.29) is 17.4 Å². The van der Waals surface area contributed by atoms with Crippen LogP contribution in [0.4, 0.5) is 0 Å². The van der Waals surface area contributed by atoms with Gasteiger partial charge >= 0.3 is 0 Å². The van der Waals surface area contributed by atoms with Crippen molar-refractivity contribution in [1.82, 2.24) is 0 Å². The predicted octanol–water partition coefficient (Wildman–Crippen LogP) is 5.22. The first-order chi connectivity index (χ1) is 12.3. The molecule has 3 aromatic rings. The summed E-state index contributed by atoms with van der Waals surface area (Å²) in [6, 6.07) is 15.7. The summed E-state index contributed by atoms with van der Waals surface area (Å²) in [5, 5.41) is 31.1. The summed E-state index contributed by atoms with van der Waals surface area (Å²) in [4.78, 5) is 0. The van der Waals surface area contributed by atoms with Gasteiger partial charge in [0.1, 0.15) is 17.2 Å². The highest BCUT2D eigenvalue weighted by molar-refractivity contribution is 5.59. The molecule has 0 spiro atoms. The Kier molecular flexibility index (Phi) is 4.64. The number of rotatable bonds is 3. The highest BCUT2D eigenvalue weighted by atomic mass is 16.3. The number of aryl methyl sites for hydroxylation is 3. The smallest absolute Gasteiger partial charge is 0.126 e. The van der Waals surface area contributed by atoms with Crippen molar-refractivity contribution in [2.75, 3.05) is 0 Å². The quantitative estimate of drug-likeness (QED) is 0.569. The Morgan fingerprint density at radius 2 is 1.15 bits per heavy atom. The summed E-state index contributed by atoms with van der Waals surface area (Å²) in [6.07, 6.45) is 0. The molecule has 3 heteroatoms. The first kappa shape index (κ1) is 17.9.